The molecule has 0 aromatic carbocycles. The van der Waals surface area contributed by atoms with E-state index in [-0.39, 0.29) is 43.9 Å². The van der Waals surface area contributed by atoms with Crippen LogP contribution >= 0.6 is 36.8 Å². The molecule has 0 radical (unpaired) electrons. The second-order valence-electron chi connectivity index (χ2n) is 2.15. The third-order valence-electron chi connectivity index (χ3n) is 1.11. The van der Waals surface area contributed by atoms with Gasteiger partial charge in [-0.25, -0.2) is 0 Å². The number of hydrogen-bond donors (Lipinski definition) is 2. The molecule has 0 aliphatic heterocycles. The first-order valence-corrected chi connectivity index (χ1v) is 5.23. The Morgan fingerprint density at radius 2 is 2.00 bits per heavy atom. The molecule has 0 heterocycles. The molecule has 0 saturated carbocycles. The molecule has 0 saturated heterocycles. The number of carbonyl (C=O) groups is 1. The van der Waals surface area contributed by atoms with E-state index in [1.54, 1.807) is 0 Å². The van der Waals surface area contributed by atoms with E-state index in [9.17, 15) is 4.79 Å². The fourth-order valence-electron chi connectivity index (χ4n) is 0.582. The van der Waals surface area contributed by atoms with Gasteiger partial charge in [-0.3, -0.25) is 9.52 Å². The Morgan fingerprint density at radius 3 is 2.53 bits per heavy atom. The van der Waals surface area contributed by atoms with Crippen molar-refractivity contribution >= 4 is 42.7 Å². The minimum absolute atomic E-state index is 0. The SMILES string of the molecule is CSNCC(=O)OCCOCCN.Cl.Cl. The summed E-state index contributed by atoms with van der Waals surface area (Å²) in [6.07, 6.45) is 1.84. The Hall–Kier alpha value is 0.280. The summed E-state index contributed by atoms with van der Waals surface area (Å²) in [5.74, 6) is -0.273. The topological polar surface area (TPSA) is 73.6 Å². The van der Waals surface area contributed by atoms with Crippen LogP contribution in [0, 0.1) is 0 Å². The van der Waals surface area contributed by atoms with Gasteiger partial charge in [0.2, 0.25) is 0 Å². The summed E-state index contributed by atoms with van der Waals surface area (Å²) in [5.41, 5.74) is 5.19. The fraction of sp³-hybridized carbons (Fsp3) is 0.857. The lowest BCUT2D eigenvalue weighted by Crippen LogP contribution is -2.21. The molecule has 15 heavy (non-hydrogen) atoms. The molecule has 8 heteroatoms. The lowest BCUT2D eigenvalue weighted by Gasteiger charge is -2.04. The molecular formula is C7H18Cl2N2O3S. The van der Waals surface area contributed by atoms with Crippen LogP contribution in [0.4, 0.5) is 0 Å². The van der Waals surface area contributed by atoms with Crippen LogP contribution in [0.5, 0.6) is 0 Å². The Labute approximate surface area is 107 Å². The van der Waals surface area contributed by atoms with Gasteiger partial charge in [-0.05, 0) is 6.26 Å². The maximum atomic E-state index is 10.9. The molecule has 94 valence electrons. The molecule has 0 atom stereocenters. The van der Waals surface area contributed by atoms with E-state index < -0.39 is 0 Å². The number of nitrogens with one attached hydrogen (secondary N) is 1. The number of hydrogen-bond acceptors (Lipinski definition) is 6. The molecule has 0 aliphatic rings. The highest BCUT2D eigenvalue weighted by molar-refractivity contribution is 7.96. The first-order valence-electron chi connectivity index (χ1n) is 4.00. The smallest absolute Gasteiger partial charge is 0.320 e. The van der Waals surface area contributed by atoms with Gasteiger partial charge in [0.15, 0.2) is 0 Å². The number of rotatable bonds is 8. The average molecular weight is 281 g/mol. The monoisotopic (exact) mass is 280 g/mol. The predicted molar refractivity (Wildman–Crippen MR) is 66.8 cm³/mol. The summed E-state index contributed by atoms with van der Waals surface area (Å²) in [5, 5.41) is 0. The van der Waals surface area contributed by atoms with E-state index in [0.29, 0.717) is 19.8 Å². The van der Waals surface area contributed by atoms with E-state index in [1.807, 2.05) is 6.26 Å². The van der Waals surface area contributed by atoms with Gasteiger partial charge in [-0.2, -0.15) is 0 Å². The quantitative estimate of drug-likeness (QED) is 0.376. The minimum Gasteiger partial charge on any atom is -0.462 e. The molecular weight excluding hydrogens is 263 g/mol. The Balaban J connectivity index is -0.000000720. The van der Waals surface area contributed by atoms with Crippen LogP contribution < -0.4 is 10.5 Å². The molecule has 0 bridgehead atoms. The minimum atomic E-state index is -0.273. The van der Waals surface area contributed by atoms with Gasteiger partial charge in [0.05, 0.1) is 13.2 Å². The van der Waals surface area contributed by atoms with E-state index in [1.165, 1.54) is 11.9 Å². The first kappa shape index (κ1) is 20.7. The van der Waals surface area contributed by atoms with Crippen molar-refractivity contribution in [2.75, 3.05) is 39.2 Å². The van der Waals surface area contributed by atoms with Crippen molar-refractivity contribution in [3.05, 3.63) is 0 Å². The van der Waals surface area contributed by atoms with E-state index >= 15 is 0 Å². The standard InChI is InChI=1S/C7H16N2O3S.2ClH/c1-13-9-6-7(10)12-5-4-11-3-2-8;;/h9H,2-6,8H2,1H3;2*1H. The third-order valence-corrected chi connectivity index (χ3v) is 1.55. The van der Waals surface area contributed by atoms with Crippen molar-refractivity contribution in [3.63, 3.8) is 0 Å². The summed E-state index contributed by atoms with van der Waals surface area (Å²) in [6.45, 7) is 1.90. The van der Waals surface area contributed by atoms with Crippen molar-refractivity contribution in [1.29, 1.82) is 0 Å². The Morgan fingerprint density at radius 1 is 1.33 bits per heavy atom. The summed E-state index contributed by atoms with van der Waals surface area (Å²) < 4.78 is 12.6. The van der Waals surface area contributed by atoms with Crippen LogP contribution in [0.15, 0.2) is 0 Å². The average Bonchev–Trinajstić information content (AvgIpc) is 2.14. The van der Waals surface area contributed by atoms with Crippen LogP contribution in [0.1, 0.15) is 0 Å². The van der Waals surface area contributed by atoms with Crippen LogP contribution in [0.2, 0.25) is 0 Å². The van der Waals surface area contributed by atoms with Crippen molar-refractivity contribution in [1.82, 2.24) is 4.72 Å². The third kappa shape index (κ3) is 16.9. The van der Waals surface area contributed by atoms with Gasteiger partial charge >= 0.3 is 5.97 Å². The number of carbonyl (C=O) groups excluding carboxylic acids is 1. The van der Waals surface area contributed by atoms with Crippen molar-refractivity contribution in [2.24, 2.45) is 5.73 Å². The molecule has 0 fully saturated rings. The molecule has 3 N–H and O–H groups in total. The van der Waals surface area contributed by atoms with Crippen molar-refractivity contribution in [2.45, 2.75) is 0 Å². The second kappa shape index (κ2) is 16.7. The zero-order valence-electron chi connectivity index (χ0n) is 8.56. The largest absolute Gasteiger partial charge is 0.462 e. The number of ether oxygens (including phenoxy) is 2. The molecule has 0 unspecified atom stereocenters. The van der Waals surface area contributed by atoms with Gasteiger partial charge in [0.25, 0.3) is 0 Å². The molecule has 5 nitrogen and oxygen atoms in total. The first-order chi connectivity index (χ1) is 6.31. The number of esters is 1. The van der Waals surface area contributed by atoms with Crippen LogP contribution in [-0.4, -0.2) is 45.1 Å². The van der Waals surface area contributed by atoms with Crippen LogP contribution in [0.25, 0.3) is 0 Å². The van der Waals surface area contributed by atoms with Crippen LogP contribution in [-0.2, 0) is 14.3 Å². The molecule has 0 rings (SSSR count). The normalized spacial score (nSPS) is 8.67. The lowest BCUT2D eigenvalue weighted by molar-refractivity contribution is -0.143. The maximum Gasteiger partial charge on any atom is 0.320 e. The Bertz CT molecular complexity index is 143. The number of halogens is 2. The molecule has 0 amide bonds. The molecule has 0 spiro atoms. The predicted octanol–water partition coefficient (Wildman–Crippen LogP) is 0.216. The molecule has 0 aromatic rings. The van der Waals surface area contributed by atoms with Crippen LogP contribution in [0.3, 0.4) is 0 Å². The highest BCUT2D eigenvalue weighted by Crippen LogP contribution is 1.83. The summed E-state index contributed by atoms with van der Waals surface area (Å²) in [6, 6.07) is 0. The van der Waals surface area contributed by atoms with Gasteiger partial charge in [-0.1, -0.05) is 11.9 Å². The lowest BCUT2D eigenvalue weighted by atomic mass is 10.6. The van der Waals surface area contributed by atoms with Crippen molar-refractivity contribution < 1.29 is 14.3 Å². The van der Waals surface area contributed by atoms with E-state index in [4.69, 9.17) is 15.2 Å². The summed E-state index contributed by atoms with van der Waals surface area (Å²) >= 11 is 1.38. The molecule has 0 aromatic heterocycles. The van der Waals surface area contributed by atoms with Gasteiger partial charge < -0.3 is 15.2 Å². The van der Waals surface area contributed by atoms with Gasteiger partial charge in [0.1, 0.15) is 13.2 Å². The second-order valence-corrected chi connectivity index (χ2v) is 2.84. The van der Waals surface area contributed by atoms with Crippen molar-refractivity contribution in [3.8, 4) is 0 Å². The molecule has 0 aliphatic carbocycles. The zero-order valence-corrected chi connectivity index (χ0v) is 11.0. The summed E-state index contributed by atoms with van der Waals surface area (Å²) in [7, 11) is 0. The maximum absolute atomic E-state index is 10.9. The van der Waals surface area contributed by atoms with E-state index in [0.717, 1.165) is 0 Å². The van der Waals surface area contributed by atoms with Gasteiger partial charge in [-0.15, -0.1) is 24.8 Å². The zero-order chi connectivity index (χ0) is 9.94. The Kier molecular flexibility index (Phi) is 23.0. The van der Waals surface area contributed by atoms with E-state index in [2.05, 4.69) is 4.72 Å². The van der Waals surface area contributed by atoms with Gasteiger partial charge in [0, 0.05) is 6.54 Å². The highest BCUT2D eigenvalue weighted by Gasteiger charge is 1.99. The fourth-order valence-corrected chi connectivity index (χ4v) is 0.844. The number of nitrogens with two attached hydrogens (primary N) is 1. The summed E-state index contributed by atoms with van der Waals surface area (Å²) in [4.78, 5) is 10.9. The highest BCUT2D eigenvalue weighted by atomic mass is 35.5.